The van der Waals surface area contributed by atoms with E-state index in [2.05, 4.69) is 4.90 Å². The van der Waals surface area contributed by atoms with Crippen LogP contribution in [0.15, 0.2) is 0 Å². The van der Waals surface area contributed by atoms with Crippen LogP contribution in [0.5, 0.6) is 0 Å². The predicted molar refractivity (Wildman–Crippen MR) is 39.3 cm³/mol. The minimum absolute atomic E-state index is 0.178. The number of alkyl halides is 1. The van der Waals surface area contributed by atoms with E-state index in [9.17, 15) is 4.39 Å². The lowest BCUT2D eigenvalue weighted by Crippen LogP contribution is -2.27. The van der Waals surface area contributed by atoms with Crippen molar-refractivity contribution in [1.29, 1.82) is 0 Å². The van der Waals surface area contributed by atoms with Gasteiger partial charge >= 0.3 is 0 Å². The molecule has 0 spiro atoms. The number of hydrogen-bond acceptors (Lipinski definition) is 2. The zero-order valence-electron chi connectivity index (χ0n) is 6.22. The number of nitrogens with two attached hydrogens (primary N) is 1. The smallest absolute Gasteiger partial charge is 0.0897 e. The van der Waals surface area contributed by atoms with Gasteiger partial charge in [0.2, 0.25) is 0 Å². The Morgan fingerprint density at radius 1 is 1.60 bits per heavy atom. The largest absolute Gasteiger partial charge is 0.318 e. The lowest BCUT2D eigenvalue weighted by Gasteiger charge is -2.11. The van der Waals surface area contributed by atoms with Crippen LogP contribution in [0.4, 0.5) is 4.39 Å². The molecule has 0 aromatic heterocycles. The van der Waals surface area contributed by atoms with E-state index in [4.69, 9.17) is 5.73 Å². The van der Waals surface area contributed by atoms with Gasteiger partial charge in [0.25, 0.3) is 0 Å². The summed E-state index contributed by atoms with van der Waals surface area (Å²) in [5.41, 5.74) is 5.42. The third-order valence-electron chi connectivity index (χ3n) is 2.15. The van der Waals surface area contributed by atoms with E-state index < -0.39 is 0 Å². The molecule has 0 aliphatic carbocycles. The van der Waals surface area contributed by atoms with Gasteiger partial charge in [0.15, 0.2) is 0 Å². The standard InChI is InChI=1S/C7H15FN2/c8-3-1-7-2-4-10(5-7)6-9/h7H,1-6,9H2. The predicted octanol–water partition coefficient (Wildman–Crippen LogP) is 0.584. The monoisotopic (exact) mass is 146 g/mol. The molecule has 0 aromatic rings. The number of nitrogens with zero attached hydrogens (tertiary/aromatic N) is 1. The first-order valence-corrected chi connectivity index (χ1v) is 3.85. The van der Waals surface area contributed by atoms with Gasteiger partial charge in [-0.1, -0.05) is 0 Å². The fourth-order valence-electron chi connectivity index (χ4n) is 1.47. The summed E-state index contributed by atoms with van der Waals surface area (Å²) in [6, 6.07) is 0. The highest BCUT2D eigenvalue weighted by Crippen LogP contribution is 2.17. The molecule has 3 heteroatoms. The van der Waals surface area contributed by atoms with Gasteiger partial charge in [-0.3, -0.25) is 9.29 Å². The zero-order chi connectivity index (χ0) is 7.40. The normalized spacial score (nSPS) is 27.6. The molecule has 1 aliphatic rings. The lowest BCUT2D eigenvalue weighted by molar-refractivity contribution is 0.319. The Bertz CT molecular complexity index is 97.6. The van der Waals surface area contributed by atoms with Gasteiger partial charge in [0.1, 0.15) is 0 Å². The average molecular weight is 146 g/mol. The molecule has 0 amide bonds. The molecule has 0 aromatic carbocycles. The van der Waals surface area contributed by atoms with Crippen molar-refractivity contribution in [3.8, 4) is 0 Å². The van der Waals surface area contributed by atoms with E-state index in [0.29, 0.717) is 12.6 Å². The number of hydrogen-bond donors (Lipinski definition) is 1. The Morgan fingerprint density at radius 2 is 2.40 bits per heavy atom. The topological polar surface area (TPSA) is 29.3 Å². The molecule has 1 aliphatic heterocycles. The molecule has 1 fully saturated rings. The van der Waals surface area contributed by atoms with Gasteiger partial charge in [-0.2, -0.15) is 0 Å². The third kappa shape index (κ3) is 1.92. The lowest BCUT2D eigenvalue weighted by atomic mass is 10.1. The fraction of sp³-hybridized carbons (Fsp3) is 1.00. The fourth-order valence-corrected chi connectivity index (χ4v) is 1.47. The van der Waals surface area contributed by atoms with Gasteiger partial charge in [0.05, 0.1) is 6.67 Å². The van der Waals surface area contributed by atoms with Crippen molar-refractivity contribution >= 4 is 0 Å². The van der Waals surface area contributed by atoms with Crippen molar-refractivity contribution in [3.05, 3.63) is 0 Å². The Hall–Kier alpha value is -0.150. The first kappa shape index (κ1) is 7.95. The van der Waals surface area contributed by atoms with Gasteiger partial charge in [-0.15, -0.1) is 0 Å². The summed E-state index contributed by atoms with van der Waals surface area (Å²) in [6.45, 7) is 2.51. The molecule has 60 valence electrons. The van der Waals surface area contributed by atoms with Crippen LogP contribution in [0.2, 0.25) is 0 Å². The molecule has 0 saturated carbocycles. The molecule has 2 nitrogen and oxygen atoms in total. The highest BCUT2D eigenvalue weighted by Gasteiger charge is 2.20. The molecule has 0 radical (unpaired) electrons. The van der Waals surface area contributed by atoms with E-state index in [1.54, 1.807) is 0 Å². The number of likely N-dealkylation sites (tertiary alicyclic amines) is 1. The SMILES string of the molecule is NCN1CCC(CCF)C1. The van der Waals surface area contributed by atoms with Crippen LogP contribution < -0.4 is 5.73 Å². The first-order valence-electron chi connectivity index (χ1n) is 3.85. The van der Waals surface area contributed by atoms with Gasteiger partial charge < -0.3 is 5.73 Å². The quantitative estimate of drug-likeness (QED) is 0.631. The summed E-state index contributed by atoms with van der Waals surface area (Å²) in [4.78, 5) is 2.17. The molecule has 1 atom stereocenters. The van der Waals surface area contributed by atoms with Crippen molar-refractivity contribution in [2.24, 2.45) is 11.7 Å². The Balaban J connectivity index is 2.15. The number of rotatable bonds is 3. The van der Waals surface area contributed by atoms with E-state index in [1.807, 2.05) is 0 Å². The van der Waals surface area contributed by atoms with Crippen molar-refractivity contribution in [1.82, 2.24) is 4.90 Å². The van der Waals surface area contributed by atoms with Crippen LogP contribution in [-0.4, -0.2) is 31.3 Å². The minimum Gasteiger partial charge on any atom is -0.318 e. The van der Waals surface area contributed by atoms with Crippen LogP contribution in [0.1, 0.15) is 12.8 Å². The van der Waals surface area contributed by atoms with E-state index in [1.165, 1.54) is 0 Å². The zero-order valence-corrected chi connectivity index (χ0v) is 6.22. The highest BCUT2D eigenvalue weighted by atomic mass is 19.1. The molecule has 1 saturated heterocycles. The van der Waals surface area contributed by atoms with Crippen LogP contribution in [0.25, 0.3) is 0 Å². The maximum absolute atomic E-state index is 11.8. The highest BCUT2D eigenvalue weighted by molar-refractivity contribution is 4.73. The van der Waals surface area contributed by atoms with Gasteiger partial charge in [0, 0.05) is 13.2 Å². The Kier molecular flexibility index (Phi) is 3.09. The second-order valence-corrected chi connectivity index (χ2v) is 2.89. The molecular weight excluding hydrogens is 131 g/mol. The molecule has 1 unspecified atom stereocenters. The molecule has 2 N–H and O–H groups in total. The summed E-state index contributed by atoms with van der Waals surface area (Å²) in [7, 11) is 0. The van der Waals surface area contributed by atoms with E-state index in [-0.39, 0.29) is 6.67 Å². The van der Waals surface area contributed by atoms with Crippen molar-refractivity contribution in [3.63, 3.8) is 0 Å². The molecular formula is C7H15FN2. The van der Waals surface area contributed by atoms with E-state index in [0.717, 1.165) is 25.9 Å². The van der Waals surface area contributed by atoms with Crippen molar-refractivity contribution in [2.45, 2.75) is 12.8 Å². The molecule has 1 heterocycles. The number of halogens is 1. The Morgan fingerprint density at radius 3 is 2.90 bits per heavy atom. The molecule has 0 bridgehead atoms. The van der Waals surface area contributed by atoms with Crippen LogP contribution in [-0.2, 0) is 0 Å². The second kappa shape index (κ2) is 3.88. The summed E-state index contributed by atoms with van der Waals surface area (Å²) in [5, 5.41) is 0. The maximum atomic E-state index is 11.8. The van der Waals surface area contributed by atoms with Gasteiger partial charge in [-0.05, 0) is 25.3 Å². The maximum Gasteiger partial charge on any atom is 0.0897 e. The summed E-state index contributed by atoms with van der Waals surface area (Å²) in [5.74, 6) is 0.563. The van der Waals surface area contributed by atoms with Crippen LogP contribution in [0.3, 0.4) is 0 Å². The first-order chi connectivity index (χ1) is 4.86. The third-order valence-corrected chi connectivity index (χ3v) is 2.15. The summed E-state index contributed by atoms with van der Waals surface area (Å²) >= 11 is 0. The molecule has 1 rings (SSSR count). The van der Waals surface area contributed by atoms with Crippen molar-refractivity contribution < 1.29 is 4.39 Å². The summed E-state index contributed by atoms with van der Waals surface area (Å²) in [6.07, 6.45) is 1.84. The van der Waals surface area contributed by atoms with Crippen LogP contribution in [0, 0.1) is 5.92 Å². The van der Waals surface area contributed by atoms with Crippen LogP contribution >= 0.6 is 0 Å². The second-order valence-electron chi connectivity index (χ2n) is 2.89. The summed E-state index contributed by atoms with van der Waals surface area (Å²) < 4.78 is 11.8. The molecule has 10 heavy (non-hydrogen) atoms. The van der Waals surface area contributed by atoms with E-state index >= 15 is 0 Å². The van der Waals surface area contributed by atoms with Crippen molar-refractivity contribution in [2.75, 3.05) is 26.4 Å². The average Bonchev–Trinajstić information content (AvgIpc) is 2.37. The Labute approximate surface area is 61.2 Å². The van der Waals surface area contributed by atoms with Gasteiger partial charge in [-0.25, -0.2) is 0 Å². The minimum atomic E-state index is -0.178.